The Labute approximate surface area is 116 Å². The van der Waals surface area contributed by atoms with Crippen LogP contribution in [0.2, 0.25) is 0 Å². The number of allylic oxidation sites excluding steroid dienone is 5. The molecule has 19 heavy (non-hydrogen) atoms. The van der Waals surface area contributed by atoms with E-state index in [1.165, 1.54) is 22.3 Å². The number of fused-ring (bicyclic) bond motifs is 1. The van der Waals surface area contributed by atoms with Gasteiger partial charge in [0.25, 0.3) is 0 Å². The van der Waals surface area contributed by atoms with Gasteiger partial charge in [-0.1, -0.05) is 67.6 Å². The Morgan fingerprint density at radius 2 is 2.00 bits per heavy atom. The van der Waals surface area contributed by atoms with Crippen LogP contribution in [0.5, 0.6) is 0 Å². The third-order valence-corrected chi connectivity index (χ3v) is 3.68. The molecular formula is C19H22. The van der Waals surface area contributed by atoms with Crippen molar-refractivity contribution in [3.8, 4) is 0 Å². The molecule has 2 rings (SSSR count). The van der Waals surface area contributed by atoms with Crippen molar-refractivity contribution in [2.75, 3.05) is 0 Å². The highest BCUT2D eigenvalue weighted by molar-refractivity contribution is 5.65. The first kappa shape index (κ1) is 13.6. The number of hydrogen-bond acceptors (Lipinski definition) is 0. The highest BCUT2D eigenvalue weighted by Gasteiger charge is 2.11. The van der Waals surface area contributed by atoms with Gasteiger partial charge in [0, 0.05) is 0 Å². The van der Waals surface area contributed by atoms with Crippen molar-refractivity contribution in [3.63, 3.8) is 0 Å². The molecule has 0 atom stereocenters. The lowest BCUT2D eigenvalue weighted by atomic mass is 9.88. The molecule has 0 N–H and O–H groups in total. The topological polar surface area (TPSA) is 0 Å². The fourth-order valence-corrected chi connectivity index (χ4v) is 2.32. The quantitative estimate of drug-likeness (QED) is 0.627. The van der Waals surface area contributed by atoms with Gasteiger partial charge in [-0.25, -0.2) is 0 Å². The molecule has 1 aliphatic rings. The van der Waals surface area contributed by atoms with E-state index in [-0.39, 0.29) is 0 Å². The number of benzene rings is 1. The van der Waals surface area contributed by atoms with Crippen LogP contribution in [0.3, 0.4) is 0 Å². The smallest absolute Gasteiger partial charge is 0.0221 e. The molecule has 0 heterocycles. The third-order valence-electron chi connectivity index (χ3n) is 3.68. The minimum atomic E-state index is 0.991. The molecule has 0 bridgehead atoms. The largest absolute Gasteiger partial charge is 0.0958 e. The summed E-state index contributed by atoms with van der Waals surface area (Å²) in [6.07, 6.45) is 9.64. The number of aryl methyl sites for hydroxylation is 2. The summed E-state index contributed by atoms with van der Waals surface area (Å²) in [6.45, 7) is 12.4. The maximum absolute atomic E-state index is 4.18. The van der Waals surface area contributed by atoms with Crippen LogP contribution in [0.15, 0.2) is 60.2 Å². The maximum atomic E-state index is 4.18. The van der Waals surface area contributed by atoms with Crippen LogP contribution in [0.1, 0.15) is 36.5 Å². The van der Waals surface area contributed by atoms with Gasteiger partial charge in [-0.05, 0) is 48.5 Å². The van der Waals surface area contributed by atoms with E-state index in [0.717, 1.165) is 30.4 Å². The Balaban J connectivity index is 2.19. The highest BCUT2D eigenvalue weighted by atomic mass is 14.2. The summed E-state index contributed by atoms with van der Waals surface area (Å²) < 4.78 is 0. The van der Waals surface area contributed by atoms with Crippen LogP contribution in [-0.4, -0.2) is 0 Å². The number of rotatable bonds is 4. The SMILES string of the molecule is C=C(/C=C\C(=C)C1=Cc2ccc(C)cc2CC1)CC. The first-order valence-electron chi connectivity index (χ1n) is 6.95. The van der Waals surface area contributed by atoms with E-state index in [9.17, 15) is 0 Å². The van der Waals surface area contributed by atoms with Gasteiger partial charge in [-0.15, -0.1) is 0 Å². The zero-order valence-electron chi connectivity index (χ0n) is 12.0. The lowest BCUT2D eigenvalue weighted by molar-refractivity contribution is 0.939. The fraction of sp³-hybridized carbons (Fsp3) is 0.263. The van der Waals surface area contributed by atoms with Crippen LogP contribution in [0.25, 0.3) is 6.08 Å². The normalized spacial score (nSPS) is 14.1. The van der Waals surface area contributed by atoms with Crippen molar-refractivity contribution in [3.05, 3.63) is 76.9 Å². The summed E-state index contributed by atoms with van der Waals surface area (Å²) in [7, 11) is 0. The molecule has 0 spiro atoms. The van der Waals surface area contributed by atoms with Gasteiger partial charge >= 0.3 is 0 Å². The van der Waals surface area contributed by atoms with Gasteiger partial charge in [0.2, 0.25) is 0 Å². The van der Waals surface area contributed by atoms with E-state index in [4.69, 9.17) is 0 Å². The Bertz CT molecular complexity index is 568. The molecule has 0 fully saturated rings. The first-order valence-corrected chi connectivity index (χ1v) is 6.95. The van der Waals surface area contributed by atoms with E-state index >= 15 is 0 Å². The third kappa shape index (κ3) is 3.35. The summed E-state index contributed by atoms with van der Waals surface area (Å²) in [5, 5.41) is 0. The van der Waals surface area contributed by atoms with Crippen molar-refractivity contribution in [1.29, 1.82) is 0 Å². The molecule has 0 unspecified atom stereocenters. The maximum Gasteiger partial charge on any atom is -0.0221 e. The fourth-order valence-electron chi connectivity index (χ4n) is 2.32. The molecule has 1 aromatic rings. The van der Waals surface area contributed by atoms with Gasteiger partial charge in [0.05, 0.1) is 0 Å². The summed E-state index contributed by atoms with van der Waals surface area (Å²) in [6, 6.07) is 6.68. The average molecular weight is 250 g/mol. The molecule has 0 heteroatoms. The van der Waals surface area contributed by atoms with Crippen molar-refractivity contribution in [1.82, 2.24) is 0 Å². The van der Waals surface area contributed by atoms with Gasteiger partial charge in [0.15, 0.2) is 0 Å². The Morgan fingerprint density at radius 1 is 1.21 bits per heavy atom. The monoisotopic (exact) mass is 250 g/mol. The predicted molar refractivity (Wildman–Crippen MR) is 85.2 cm³/mol. The summed E-state index contributed by atoms with van der Waals surface area (Å²) in [4.78, 5) is 0. The second kappa shape index (κ2) is 5.88. The second-order valence-electron chi connectivity index (χ2n) is 5.24. The van der Waals surface area contributed by atoms with Crippen LogP contribution in [0.4, 0.5) is 0 Å². The van der Waals surface area contributed by atoms with E-state index in [1.807, 2.05) is 0 Å². The summed E-state index contributed by atoms with van der Waals surface area (Å²) >= 11 is 0. The Kier molecular flexibility index (Phi) is 4.21. The molecule has 0 saturated heterocycles. The van der Waals surface area contributed by atoms with Crippen molar-refractivity contribution in [2.45, 2.75) is 33.1 Å². The van der Waals surface area contributed by atoms with E-state index in [1.54, 1.807) is 0 Å². The average Bonchev–Trinajstić information content (AvgIpc) is 2.43. The Hall–Kier alpha value is -1.82. The van der Waals surface area contributed by atoms with Crippen LogP contribution >= 0.6 is 0 Å². The van der Waals surface area contributed by atoms with E-state index in [0.29, 0.717) is 0 Å². The van der Waals surface area contributed by atoms with Crippen LogP contribution in [0, 0.1) is 6.92 Å². The Morgan fingerprint density at radius 3 is 2.74 bits per heavy atom. The molecular weight excluding hydrogens is 228 g/mol. The van der Waals surface area contributed by atoms with Crippen LogP contribution in [-0.2, 0) is 6.42 Å². The zero-order valence-corrected chi connectivity index (χ0v) is 12.0. The zero-order chi connectivity index (χ0) is 13.8. The summed E-state index contributed by atoms with van der Waals surface area (Å²) in [5.41, 5.74) is 7.74. The first-order chi connectivity index (χ1) is 9.10. The molecule has 0 aromatic heterocycles. The van der Waals surface area contributed by atoms with Gasteiger partial charge in [-0.3, -0.25) is 0 Å². The lowest BCUT2D eigenvalue weighted by Crippen LogP contribution is -2.00. The van der Waals surface area contributed by atoms with Gasteiger partial charge in [-0.2, -0.15) is 0 Å². The number of hydrogen-bond donors (Lipinski definition) is 0. The summed E-state index contributed by atoms with van der Waals surface area (Å²) in [5.74, 6) is 0. The molecule has 0 saturated carbocycles. The van der Waals surface area contributed by atoms with Crippen molar-refractivity contribution in [2.24, 2.45) is 0 Å². The molecule has 1 aromatic carbocycles. The molecule has 0 nitrogen and oxygen atoms in total. The minimum absolute atomic E-state index is 0.991. The van der Waals surface area contributed by atoms with Crippen molar-refractivity contribution < 1.29 is 0 Å². The molecule has 0 amide bonds. The van der Waals surface area contributed by atoms with Gasteiger partial charge < -0.3 is 0 Å². The predicted octanol–water partition coefficient (Wildman–Crippen LogP) is 5.40. The highest BCUT2D eigenvalue weighted by Crippen LogP contribution is 2.28. The van der Waals surface area contributed by atoms with E-state index in [2.05, 4.69) is 63.4 Å². The standard InChI is InChI=1S/C19H22/c1-5-14(2)6-8-16(4)17-10-11-18-12-15(3)7-9-19(18)13-17/h6-9,12-13H,2,4-5,10-11H2,1,3H3/b8-6-. The van der Waals surface area contributed by atoms with E-state index < -0.39 is 0 Å². The van der Waals surface area contributed by atoms with Gasteiger partial charge in [0.1, 0.15) is 0 Å². The van der Waals surface area contributed by atoms with Crippen molar-refractivity contribution >= 4 is 6.08 Å². The molecule has 0 radical (unpaired) electrons. The molecule has 98 valence electrons. The lowest BCUT2D eigenvalue weighted by Gasteiger charge is -2.17. The van der Waals surface area contributed by atoms with Crippen LogP contribution < -0.4 is 0 Å². The minimum Gasteiger partial charge on any atom is -0.0958 e. The molecule has 0 aliphatic heterocycles. The molecule has 1 aliphatic carbocycles. The second-order valence-corrected chi connectivity index (χ2v) is 5.24.